The molecule has 0 bridgehead atoms. The summed E-state index contributed by atoms with van der Waals surface area (Å²) in [6, 6.07) is 7.94. The summed E-state index contributed by atoms with van der Waals surface area (Å²) in [6.45, 7) is 2.18. The van der Waals surface area contributed by atoms with Crippen LogP contribution in [0, 0.1) is 6.92 Å². The Kier molecular flexibility index (Phi) is 4.57. The van der Waals surface area contributed by atoms with Gasteiger partial charge in [-0.2, -0.15) is 0 Å². The molecular weight excluding hydrogens is 284 g/mol. The molecule has 0 saturated heterocycles. The molecule has 0 aliphatic rings. The molecule has 0 saturated carbocycles. The number of rotatable bonds is 2. The van der Waals surface area contributed by atoms with Crippen molar-refractivity contribution in [2.45, 2.75) is 13.5 Å². The number of hydrogen-bond acceptors (Lipinski definition) is 3. The monoisotopic (exact) mass is 296 g/mol. The number of fused-ring (bicyclic) bond motifs is 1. The van der Waals surface area contributed by atoms with E-state index in [9.17, 15) is 4.79 Å². The maximum atomic E-state index is 11.1. The average molecular weight is 297 g/mol. The molecule has 0 aliphatic carbocycles. The molecule has 0 amide bonds. The van der Waals surface area contributed by atoms with Crippen molar-refractivity contribution in [2.75, 3.05) is 7.11 Å². The van der Waals surface area contributed by atoms with Gasteiger partial charge in [0.15, 0.2) is 6.20 Å². The summed E-state index contributed by atoms with van der Waals surface area (Å²) < 4.78 is 6.16. The number of halogens is 1. The van der Waals surface area contributed by atoms with Crippen LogP contribution < -0.4 is 21.7 Å². The van der Waals surface area contributed by atoms with Crippen molar-refractivity contribution in [1.29, 1.82) is 0 Å². The standard InChI is InChI=1S/C12H13N2O2.BrH/c1-9-3-4-11-10(7-9)5-6-14(13-11)8-12(15)16-2;/h3-7H,8H2,1-2H3;1H/q+1;/p-1. The molecule has 4 nitrogen and oxygen atoms in total. The fourth-order valence-electron chi connectivity index (χ4n) is 1.52. The Morgan fingerprint density at radius 3 is 2.88 bits per heavy atom. The highest BCUT2D eigenvalue weighted by Crippen LogP contribution is 2.10. The number of aryl methyl sites for hydroxylation is 1. The van der Waals surface area contributed by atoms with Crippen molar-refractivity contribution in [3.8, 4) is 0 Å². The quantitative estimate of drug-likeness (QED) is 0.476. The van der Waals surface area contributed by atoms with Gasteiger partial charge in [-0.05, 0) is 19.1 Å². The summed E-state index contributed by atoms with van der Waals surface area (Å²) in [5.74, 6) is -0.302. The molecule has 0 aliphatic heterocycles. The summed E-state index contributed by atoms with van der Waals surface area (Å²) >= 11 is 0. The zero-order valence-corrected chi connectivity index (χ0v) is 11.3. The summed E-state index contributed by atoms with van der Waals surface area (Å²) in [5, 5.41) is 5.39. The number of carbonyl (C=O) groups excluding carboxylic acids is 1. The van der Waals surface area contributed by atoms with E-state index in [1.165, 1.54) is 12.7 Å². The Balaban J connectivity index is 0.00000144. The SMILES string of the molecule is COC(=O)C[n+]1ccc2cc(C)ccc2n1.[Br-]. The molecule has 0 atom stereocenters. The number of ether oxygens (including phenoxy) is 1. The molecule has 1 aromatic heterocycles. The summed E-state index contributed by atoms with van der Waals surface area (Å²) in [6.07, 6.45) is 1.78. The van der Waals surface area contributed by atoms with Crippen LogP contribution in [0.3, 0.4) is 0 Å². The largest absolute Gasteiger partial charge is 1.00 e. The predicted octanol–water partition coefficient (Wildman–Crippen LogP) is -1.99. The minimum atomic E-state index is -0.302. The first-order chi connectivity index (χ1) is 7.69. The van der Waals surface area contributed by atoms with E-state index in [1.807, 2.05) is 25.1 Å². The van der Waals surface area contributed by atoms with Gasteiger partial charge in [0.2, 0.25) is 0 Å². The lowest BCUT2D eigenvalue weighted by molar-refractivity contribution is -0.741. The molecule has 1 aromatic carbocycles. The third-order valence-electron chi connectivity index (χ3n) is 2.36. The van der Waals surface area contributed by atoms with E-state index < -0.39 is 0 Å². The molecule has 0 unspecified atom stereocenters. The van der Waals surface area contributed by atoms with E-state index in [0.29, 0.717) is 0 Å². The van der Waals surface area contributed by atoms with Crippen LogP contribution >= 0.6 is 0 Å². The van der Waals surface area contributed by atoms with Gasteiger partial charge in [-0.25, -0.2) is 4.79 Å². The van der Waals surface area contributed by atoms with Crippen LogP contribution in [-0.4, -0.2) is 18.2 Å². The normalized spacial score (nSPS) is 9.76. The predicted molar refractivity (Wildman–Crippen MR) is 58.7 cm³/mol. The first-order valence-corrected chi connectivity index (χ1v) is 5.03. The Hall–Kier alpha value is -1.49. The molecule has 17 heavy (non-hydrogen) atoms. The van der Waals surface area contributed by atoms with Crippen molar-refractivity contribution >= 4 is 16.9 Å². The Morgan fingerprint density at radius 2 is 2.18 bits per heavy atom. The van der Waals surface area contributed by atoms with Gasteiger partial charge < -0.3 is 21.7 Å². The summed E-state index contributed by atoms with van der Waals surface area (Å²) in [7, 11) is 1.37. The van der Waals surface area contributed by atoms with Gasteiger partial charge in [-0.15, -0.1) is 0 Å². The van der Waals surface area contributed by atoms with E-state index in [-0.39, 0.29) is 29.5 Å². The lowest BCUT2D eigenvalue weighted by Crippen LogP contribution is -3.00. The van der Waals surface area contributed by atoms with Crippen molar-refractivity contribution in [3.63, 3.8) is 0 Å². The Labute approximate surface area is 110 Å². The molecule has 2 rings (SSSR count). The summed E-state index contributed by atoms with van der Waals surface area (Å²) in [4.78, 5) is 11.1. The number of methoxy groups -OCH3 is 1. The highest BCUT2D eigenvalue weighted by atomic mass is 79.9. The minimum absolute atomic E-state index is 0. The number of esters is 1. The molecule has 0 radical (unpaired) electrons. The fourth-order valence-corrected chi connectivity index (χ4v) is 1.52. The molecule has 0 N–H and O–H groups in total. The second-order valence-electron chi connectivity index (χ2n) is 3.65. The lowest BCUT2D eigenvalue weighted by atomic mass is 10.2. The van der Waals surface area contributed by atoms with Gasteiger partial charge in [0, 0.05) is 16.6 Å². The van der Waals surface area contributed by atoms with E-state index in [1.54, 1.807) is 10.9 Å². The maximum absolute atomic E-state index is 11.1. The molecule has 0 fully saturated rings. The first-order valence-electron chi connectivity index (χ1n) is 5.03. The van der Waals surface area contributed by atoms with Gasteiger partial charge in [-0.3, -0.25) is 0 Å². The molecule has 2 aromatic rings. The molecule has 5 heteroatoms. The Bertz CT molecular complexity index is 543. The number of nitrogens with zero attached hydrogens (tertiary/aromatic N) is 2. The third-order valence-corrected chi connectivity index (χ3v) is 2.36. The van der Waals surface area contributed by atoms with E-state index in [4.69, 9.17) is 0 Å². The van der Waals surface area contributed by atoms with Crippen LogP contribution in [0.1, 0.15) is 5.56 Å². The third kappa shape index (κ3) is 3.23. The van der Waals surface area contributed by atoms with E-state index in [0.717, 1.165) is 10.9 Å². The smallest absolute Gasteiger partial charge is 0.374 e. The second-order valence-corrected chi connectivity index (χ2v) is 3.65. The van der Waals surface area contributed by atoms with Crippen LogP contribution in [0.4, 0.5) is 0 Å². The first kappa shape index (κ1) is 13.6. The zero-order chi connectivity index (χ0) is 11.5. The maximum Gasteiger partial charge on any atom is 0.374 e. The molecule has 0 spiro atoms. The van der Waals surface area contributed by atoms with Crippen molar-refractivity contribution < 1.29 is 31.2 Å². The van der Waals surface area contributed by atoms with Crippen molar-refractivity contribution in [2.24, 2.45) is 0 Å². The highest BCUT2D eigenvalue weighted by molar-refractivity contribution is 5.77. The fraction of sp³-hybridized carbons (Fsp3) is 0.250. The van der Waals surface area contributed by atoms with Gasteiger partial charge in [0.25, 0.3) is 6.54 Å². The van der Waals surface area contributed by atoms with Crippen LogP contribution in [-0.2, 0) is 16.1 Å². The number of hydrogen-bond donors (Lipinski definition) is 0. The van der Waals surface area contributed by atoms with Gasteiger partial charge in [-0.1, -0.05) is 16.3 Å². The molecular formula is C12H13BrN2O2. The van der Waals surface area contributed by atoms with Crippen LogP contribution in [0.15, 0.2) is 30.5 Å². The Morgan fingerprint density at radius 1 is 1.41 bits per heavy atom. The topological polar surface area (TPSA) is 43.1 Å². The van der Waals surface area contributed by atoms with Gasteiger partial charge in [0.05, 0.1) is 7.11 Å². The number of carbonyl (C=O) groups is 1. The molecule has 1 heterocycles. The number of benzene rings is 1. The van der Waals surface area contributed by atoms with Crippen LogP contribution in [0.25, 0.3) is 10.9 Å². The van der Waals surface area contributed by atoms with E-state index >= 15 is 0 Å². The summed E-state index contributed by atoms with van der Waals surface area (Å²) in [5.41, 5.74) is 2.07. The van der Waals surface area contributed by atoms with Gasteiger partial charge in [0.1, 0.15) is 5.52 Å². The van der Waals surface area contributed by atoms with Crippen LogP contribution in [0.5, 0.6) is 0 Å². The van der Waals surface area contributed by atoms with Crippen LogP contribution in [0.2, 0.25) is 0 Å². The van der Waals surface area contributed by atoms with Crippen molar-refractivity contribution in [1.82, 2.24) is 5.10 Å². The number of aromatic nitrogens is 2. The van der Waals surface area contributed by atoms with E-state index in [2.05, 4.69) is 15.9 Å². The van der Waals surface area contributed by atoms with Crippen molar-refractivity contribution in [3.05, 3.63) is 36.0 Å². The average Bonchev–Trinajstić information content (AvgIpc) is 2.29. The lowest BCUT2D eigenvalue weighted by Gasteiger charge is -1.97. The molecule has 90 valence electrons. The second kappa shape index (κ2) is 5.72. The van der Waals surface area contributed by atoms with Gasteiger partial charge >= 0.3 is 5.97 Å². The minimum Gasteiger partial charge on any atom is -1.00 e. The zero-order valence-electron chi connectivity index (χ0n) is 9.68. The highest BCUT2D eigenvalue weighted by Gasteiger charge is 2.11.